The Hall–Kier alpha value is -1.18. The van der Waals surface area contributed by atoms with E-state index in [1.54, 1.807) is 13.8 Å². The Labute approximate surface area is 106 Å². The van der Waals surface area contributed by atoms with Gasteiger partial charge in [0.05, 0.1) is 11.8 Å². The molecule has 4 N–H and O–H groups in total. The molecule has 0 heterocycles. The van der Waals surface area contributed by atoms with Gasteiger partial charge in [-0.25, -0.2) is 17.5 Å². The number of hydrogen-bond acceptors (Lipinski definition) is 4. The van der Waals surface area contributed by atoms with E-state index in [-0.39, 0.29) is 17.0 Å². The number of anilines is 1. The van der Waals surface area contributed by atoms with Crippen molar-refractivity contribution in [3.05, 3.63) is 24.0 Å². The van der Waals surface area contributed by atoms with Crippen LogP contribution in [0.4, 0.5) is 10.1 Å². The summed E-state index contributed by atoms with van der Waals surface area (Å²) in [5.74, 6) is -0.673. The zero-order valence-electron chi connectivity index (χ0n) is 10.2. The number of aliphatic hydroxyl groups is 1. The van der Waals surface area contributed by atoms with Crippen molar-refractivity contribution >= 4 is 15.7 Å². The predicted octanol–water partition coefficient (Wildman–Crippen LogP) is 0.846. The van der Waals surface area contributed by atoms with Crippen molar-refractivity contribution < 1.29 is 17.9 Å². The molecule has 7 heteroatoms. The highest BCUT2D eigenvalue weighted by Gasteiger charge is 2.21. The van der Waals surface area contributed by atoms with Crippen LogP contribution in [0.25, 0.3) is 0 Å². The molecule has 2 unspecified atom stereocenters. The number of halogens is 1. The first-order valence-corrected chi connectivity index (χ1v) is 6.96. The first kappa shape index (κ1) is 14.9. The first-order valence-electron chi connectivity index (χ1n) is 5.48. The molecule has 5 nitrogen and oxygen atoms in total. The normalized spacial score (nSPS) is 15.3. The van der Waals surface area contributed by atoms with Gasteiger partial charge in [0.15, 0.2) is 0 Å². The maximum absolute atomic E-state index is 13.0. The number of aliphatic hydroxyl groups excluding tert-OH is 1. The van der Waals surface area contributed by atoms with Gasteiger partial charge >= 0.3 is 0 Å². The van der Waals surface area contributed by atoms with Crippen LogP contribution in [-0.2, 0) is 10.0 Å². The van der Waals surface area contributed by atoms with Gasteiger partial charge in [-0.2, -0.15) is 0 Å². The SMILES string of the molecule is CC(O)CC(C)NS(=O)(=O)c1cc(F)ccc1N. The van der Waals surface area contributed by atoms with Gasteiger partial charge < -0.3 is 10.8 Å². The van der Waals surface area contributed by atoms with Crippen molar-refractivity contribution in [3.8, 4) is 0 Å². The molecule has 0 aromatic heterocycles. The monoisotopic (exact) mass is 276 g/mol. The highest BCUT2D eigenvalue weighted by atomic mass is 32.2. The molecule has 0 aliphatic rings. The number of benzene rings is 1. The highest BCUT2D eigenvalue weighted by Crippen LogP contribution is 2.19. The van der Waals surface area contributed by atoms with E-state index in [4.69, 9.17) is 10.8 Å². The lowest BCUT2D eigenvalue weighted by Crippen LogP contribution is -2.35. The second-order valence-corrected chi connectivity index (χ2v) is 5.97. The number of rotatable bonds is 5. The lowest BCUT2D eigenvalue weighted by atomic mass is 10.2. The Morgan fingerprint density at radius 1 is 1.44 bits per heavy atom. The molecule has 0 saturated carbocycles. The van der Waals surface area contributed by atoms with Crippen molar-refractivity contribution in [2.75, 3.05) is 5.73 Å². The number of sulfonamides is 1. The lowest BCUT2D eigenvalue weighted by Gasteiger charge is -2.16. The molecule has 102 valence electrons. The zero-order valence-corrected chi connectivity index (χ0v) is 11.0. The Balaban J connectivity index is 2.96. The van der Waals surface area contributed by atoms with Crippen LogP contribution >= 0.6 is 0 Å². The van der Waals surface area contributed by atoms with Crippen LogP contribution in [0.2, 0.25) is 0 Å². The minimum absolute atomic E-state index is 0.0202. The molecule has 0 aliphatic carbocycles. The fourth-order valence-corrected chi connectivity index (χ4v) is 3.03. The molecule has 0 aliphatic heterocycles. The van der Waals surface area contributed by atoms with Crippen LogP contribution in [0, 0.1) is 5.82 Å². The Bertz CT molecular complexity index is 517. The van der Waals surface area contributed by atoms with Gasteiger partial charge in [-0.3, -0.25) is 0 Å². The third-order valence-corrected chi connectivity index (χ3v) is 3.96. The lowest BCUT2D eigenvalue weighted by molar-refractivity contribution is 0.175. The summed E-state index contributed by atoms with van der Waals surface area (Å²) in [6.45, 7) is 3.17. The van der Waals surface area contributed by atoms with Gasteiger partial charge in [0, 0.05) is 6.04 Å². The Kier molecular flexibility index (Phi) is 4.66. The fraction of sp³-hybridized carbons (Fsp3) is 0.455. The van der Waals surface area contributed by atoms with Gasteiger partial charge in [-0.05, 0) is 38.5 Å². The predicted molar refractivity (Wildman–Crippen MR) is 66.9 cm³/mol. The number of nitrogen functional groups attached to an aromatic ring is 1. The zero-order chi connectivity index (χ0) is 13.9. The molecular formula is C11H17FN2O3S. The summed E-state index contributed by atoms with van der Waals surface area (Å²) in [6.07, 6.45) is -0.374. The summed E-state index contributed by atoms with van der Waals surface area (Å²) < 4.78 is 39.3. The van der Waals surface area contributed by atoms with Crippen molar-refractivity contribution in [1.82, 2.24) is 4.72 Å². The van der Waals surface area contributed by atoms with E-state index in [2.05, 4.69) is 4.72 Å². The smallest absolute Gasteiger partial charge is 0.242 e. The summed E-state index contributed by atoms with van der Waals surface area (Å²) >= 11 is 0. The van der Waals surface area contributed by atoms with E-state index in [0.29, 0.717) is 0 Å². The van der Waals surface area contributed by atoms with Crippen molar-refractivity contribution in [3.63, 3.8) is 0 Å². The maximum atomic E-state index is 13.0. The minimum atomic E-state index is -3.88. The Morgan fingerprint density at radius 3 is 2.61 bits per heavy atom. The van der Waals surface area contributed by atoms with Gasteiger partial charge in [0.25, 0.3) is 0 Å². The number of hydrogen-bond donors (Lipinski definition) is 3. The average Bonchev–Trinajstić information content (AvgIpc) is 2.19. The average molecular weight is 276 g/mol. The summed E-state index contributed by atoms with van der Waals surface area (Å²) in [5, 5.41) is 9.17. The van der Waals surface area contributed by atoms with Crippen LogP contribution in [0.5, 0.6) is 0 Å². The van der Waals surface area contributed by atoms with Gasteiger partial charge in [-0.1, -0.05) is 0 Å². The van der Waals surface area contributed by atoms with Crippen LogP contribution in [-0.4, -0.2) is 25.7 Å². The second kappa shape index (κ2) is 5.64. The fourth-order valence-electron chi connectivity index (χ4n) is 1.63. The largest absolute Gasteiger partial charge is 0.398 e. The van der Waals surface area contributed by atoms with Crippen LogP contribution in [0.15, 0.2) is 23.1 Å². The molecular weight excluding hydrogens is 259 g/mol. The third-order valence-electron chi connectivity index (χ3n) is 2.32. The molecule has 0 radical (unpaired) electrons. The van der Waals surface area contributed by atoms with Crippen molar-refractivity contribution in [2.45, 2.75) is 37.3 Å². The van der Waals surface area contributed by atoms with Crippen molar-refractivity contribution in [1.29, 1.82) is 0 Å². The first-order chi connectivity index (χ1) is 8.22. The molecule has 1 rings (SSSR count). The van der Waals surface area contributed by atoms with E-state index in [1.165, 1.54) is 6.07 Å². The van der Waals surface area contributed by atoms with E-state index in [9.17, 15) is 12.8 Å². The maximum Gasteiger partial charge on any atom is 0.242 e. The van der Waals surface area contributed by atoms with Gasteiger partial charge in [-0.15, -0.1) is 0 Å². The van der Waals surface area contributed by atoms with Gasteiger partial charge in [0.2, 0.25) is 10.0 Å². The van der Waals surface area contributed by atoms with Crippen molar-refractivity contribution in [2.24, 2.45) is 0 Å². The topological polar surface area (TPSA) is 92.4 Å². The number of nitrogens with one attached hydrogen (secondary N) is 1. The summed E-state index contributed by atoms with van der Waals surface area (Å²) in [7, 11) is -3.88. The van der Waals surface area contributed by atoms with E-state index in [1.807, 2.05) is 0 Å². The molecule has 0 spiro atoms. The molecule has 0 amide bonds. The third kappa shape index (κ3) is 3.94. The van der Waals surface area contributed by atoms with Gasteiger partial charge in [0.1, 0.15) is 10.7 Å². The molecule has 0 bridgehead atoms. The molecule has 18 heavy (non-hydrogen) atoms. The summed E-state index contributed by atoms with van der Waals surface area (Å²) in [6, 6.07) is 2.68. The van der Waals surface area contributed by atoms with Crippen LogP contribution < -0.4 is 10.5 Å². The van der Waals surface area contributed by atoms with Crippen LogP contribution in [0.3, 0.4) is 0 Å². The van der Waals surface area contributed by atoms with E-state index < -0.39 is 28.0 Å². The highest BCUT2D eigenvalue weighted by molar-refractivity contribution is 7.89. The summed E-state index contributed by atoms with van der Waals surface area (Å²) in [4.78, 5) is -0.292. The summed E-state index contributed by atoms with van der Waals surface area (Å²) in [5.41, 5.74) is 5.50. The van der Waals surface area contributed by atoms with Crippen LogP contribution in [0.1, 0.15) is 20.3 Å². The molecule has 1 aromatic rings. The number of nitrogens with two attached hydrogens (primary N) is 1. The quantitative estimate of drug-likeness (QED) is 0.695. The standard InChI is InChI=1S/C11H17FN2O3S/c1-7(5-8(2)15)14-18(16,17)11-6-9(12)3-4-10(11)13/h3-4,6-8,14-15H,5,13H2,1-2H3. The minimum Gasteiger partial charge on any atom is -0.398 e. The van der Waals surface area contributed by atoms with E-state index >= 15 is 0 Å². The second-order valence-electron chi connectivity index (χ2n) is 4.29. The van der Waals surface area contributed by atoms with E-state index in [0.717, 1.165) is 12.1 Å². The molecule has 1 aromatic carbocycles. The molecule has 2 atom stereocenters. The molecule has 0 saturated heterocycles. The Morgan fingerprint density at radius 2 is 2.06 bits per heavy atom. The molecule has 0 fully saturated rings.